The molecular formula is C34H35N5O4. The molecule has 1 unspecified atom stereocenters. The van der Waals surface area contributed by atoms with E-state index in [9.17, 15) is 9.90 Å². The van der Waals surface area contributed by atoms with Crippen molar-refractivity contribution in [1.82, 2.24) is 24.4 Å². The zero-order chi connectivity index (χ0) is 29.3. The molecule has 0 saturated carbocycles. The number of aromatic carboxylic acids is 1. The number of imidazole rings is 1. The molecule has 0 bridgehead atoms. The van der Waals surface area contributed by atoms with Gasteiger partial charge in [0.2, 0.25) is 5.88 Å². The highest BCUT2D eigenvalue weighted by Gasteiger charge is 2.30. The van der Waals surface area contributed by atoms with Crippen LogP contribution in [0.3, 0.4) is 0 Å². The van der Waals surface area contributed by atoms with E-state index in [1.165, 1.54) is 0 Å². The number of likely N-dealkylation sites (tertiary alicyclic amines) is 1. The number of rotatable bonds is 9. The summed E-state index contributed by atoms with van der Waals surface area (Å²) < 4.78 is 14.0. The summed E-state index contributed by atoms with van der Waals surface area (Å²) in [5.74, 6) is 1.04. The van der Waals surface area contributed by atoms with E-state index in [1.807, 2.05) is 30.5 Å². The summed E-state index contributed by atoms with van der Waals surface area (Å²) in [5, 5.41) is 11.8. The van der Waals surface area contributed by atoms with Crippen LogP contribution < -0.4 is 4.74 Å². The number of carbonyl (C=O) groups is 1. The van der Waals surface area contributed by atoms with Crippen molar-refractivity contribution in [3.8, 4) is 5.88 Å². The van der Waals surface area contributed by atoms with Crippen molar-refractivity contribution in [2.75, 3.05) is 19.7 Å². The highest BCUT2D eigenvalue weighted by atomic mass is 16.5. The molecule has 1 N–H and O–H groups in total. The number of fused-ring (bicyclic) bond motifs is 2. The lowest BCUT2D eigenvalue weighted by Crippen LogP contribution is -2.37. The van der Waals surface area contributed by atoms with Crippen molar-refractivity contribution in [2.24, 2.45) is 0 Å². The van der Waals surface area contributed by atoms with Gasteiger partial charge in [-0.2, -0.15) is 0 Å². The molecule has 0 spiro atoms. The van der Waals surface area contributed by atoms with Crippen molar-refractivity contribution in [1.29, 1.82) is 0 Å². The Labute approximate surface area is 250 Å². The molecule has 9 heteroatoms. The lowest BCUT2D eigenvalue weighted by atomic mass is 9.92. The molecule has 0 amide bonds. The topological polar surface area (TPSA) is 103 Å². The third kappa shape index (κ3) is 5.70. The molecule has 2 aliphatic heterocycles. The predicted molar refractivity (Wildman–Crippen MR) is 163 cm³/mol. The maximum absolute atomic E-state index is 11.7. The minimum Gasteiger partial charge on any atom is -0.478 e. The van der Waals surface area contributed by atoms with Crippen molar-refractivity contribution >= 4 is 27.8 Å². The predicted octanol–water partition coefficient (Wildman–Crippen LogP) is 5.99. The van der Waals surface area contributed by atoms with Gasteiger partial charge in [0.05, 0.1) is 35.3 Å². The molecule has 9 nitrogen and oxygen atoms in total. The zero-order valence-electron chi connectivity index (χ0n) is 24.2. The van der Waals surface area contributed by atoms with E-state index in [0.717, 1.165) is 77.8 Å². The number of aromatic nitrogens is 4. The fraction of sp³-hybridized carbons (Fsp3) is 0.353. The van der Waals surface area contributed by atoms with Crippen LogP contribution in [0.2, 0.25) is 0 Å². The molecule has 220 valence electrons. The SMILES string of the molecule is C[C@@H](c1nc2ccc(C(=O)O)cc2n1CC1CCO1)N1CCC(c2cccc(OCc3ccc4cnccc4c3)n2)CC1. The van der Waals surface area contributed by atoms with Gasteiger partial charge < -0.3 is 19.1 Å². The fourth-order valence-electron chi connectivity index (χ4n) is 6.28. The van der Waals surface area contributed by atoms with Crippen LogP contribution in [0.4, 0.5) is 0 Å². The van der Waals surface area contributed by atoms with E-state index < -0.39 is 5.97 Å². The van der Waals surface area contributed by atoms with Gasteiger partial charge in [-0.1, -0.05) is 18.2 Å². The number of ether oxygens (including phenoxy) is 2. The standard InChI is InChI=1S/C34H35N5O4/c1-22(33-37-30-8-7-26(34(40)41)18-31(30)39(33)20-28-12-16-42-28)38-14-10-24(11-15-38)29-3-2-4-32(36-29)43-21-23-5-6-27-19-35-13-9-25(27)17-23/h2-9,13,17-19,22,24,28H,10-12,14-16,20-21H2,1H3,(H,40,41)/t22-,28?/m0/s1. The molecule has 2 atom stereocenters. The average Bonchev–Trinajstić information content (AvgIpc) is 3.39. The third-order valence-corrected chi connectivity index (χ3v) is 8.91. The van der Waals surface area contributed by atoms with Crippen LogP contribution in [0.5, 0.6) is 5.88 Å². The van der Waals surface area contributed by atoms with Gasteiger partial charge in [-0.3, -0.25) is 9.88 Å². The van der Waals surface area contributed by atoms with Crippen LogP contribution in [0.15, 0.2) is 73.1 Å². The van der Waals surface area contributed by atoms with Crippen molar-refractivity contribution in [3.63, 3.8) is 0 Å². The molecule has 0 radical (unpaired) electrons. The first-order valence-corrected chi connectivity index (χ1v) is 15.0. The van der Waals surface area contributed by atoms with Gasteiger partial charge in [-0.05, 0) is 86.6 Å². The Morgan fingerprint density at radius 1 is 1.05 bits per heavy atom. The van der Waals surface area contributed by atoms with E-state index in [2.05, 4.69) is 45.6 Å². The Kier molecular flexibility index (Phi) is 7.51. The molecule has 5 aromatic rings. The van der Waals surface area contributed by atoms with Crippen molar-refractivity contribution in [3.05, 3.63) is 95.7 Å². The molecule has 3 aromatic heterocycles. The highest BCUT2D eigenvalue weighted by Crippen LogP contribution is 2.34. The highest BCUT2D eigenvalue weighted by molar-refractivity contribution is 5.92. The lowest BCUT2D eigenvalue weighted by Gasteiger charge is -2.36. The molecule has 2 aliphatic rings. The van der Waals surface area contributed by atoms with Crippen LogP contribution >= 0.6 is 0 Å². The van der Waals surface area contributed by atoms with E-state index in [0.29, 0.717) is 24.9 Å². The number of hydrogen-bond acceptors (Lipinski definition) is 7. The lowest BCUT2D eigenvalue weighted by molar-refractivity contribution is -0.0594. The normalized spacial score (nSPS) is 18.5. The first kappa shape index (κ1) is 27.5. The fourth-order valence-corrected chi connectivity index (χ4v) is 6.28. The molecule has 2 fully saturated rings. The van der Waals surface area contributed by atoms with Gasteiger partial charge in [-0.15, -0.1) is 0 Å². The molecule has 5 heterocycles. The minimum atomic E-state index is -0.930. The summed E-state index contributed by atoms with van der Waals surface area (Å²) in [6.45, 7) is 5.97. The summed E-state index contributed by atoms with van der Waals surface area (Å²) >= 11 is 0. The first-order valence-electron chi connectivity index (χ1n) is 15.0. The molecule has 43 heavy (non-hydrogen) atoms. The number of hydrogen-bond donors (Lipinski definition) is 1. The van der Waals surface area contributed by atoms with Crippen LogP contribution in [0.1, 0.15) is 65.6 Å². The van der Waals surface area contributed by atoms with E-state index in [-0.39, 0.29) is 17.7 Å². The van der Waals surface area contributed by atoms with Gasteiger partial charge >= 0.3 is 5.97 Å². The van der Waals surface area contributed by atoms with Gasteiger partial charge in [0, 0.05) is 42.1 Å². The van der Waals surface area contributed by atoms with Crippen molar-refractivity contribution in [2.45, 2.75) is 57.4 Å². The largest absolute Gasteiger partial charge is 0.478 e. The number of benzene rings is 2. The molecular weight excluding hydrogens is 542 g/mol. The zero-order valence-corrected chi connectivity index (χ0v) is 24.2. The molecule has 2 saturated heterocycles. The summed E-state index contributed by atoms with van der Waals surface area (Å²) in [4.78, 5) is 28.2. The molecule has 0 aliphatic carbocycles. The Hall–Kier alpha value is -4.34. The second-order valence-corrected chi connectivity index (χ2v) is 11.6. The van der Waals surface area contributed by atoms with Crippen LogP contribution in [-0.4, -0.2) is 61.3 Å². The van der Waals surface area contributed by atoms with Crippen molar-refractivity contribution < 1.29 is 19.4 Å². The number of nitrogens with zero attached hydrogens (tertiary/aromatic N) is 5. The average molecular weight is 578 g/mol. The minimum absolute atomic E-state index is 0.0852. The van der Waals surface area contributed by atoms with Gasteiger partial charge in [0.25, 0.3) is 0 Å². The number of piperidine rings is 1. The summed E-state index contributed by atoms with van der Waals surface area (Å²) in [6, 6.07) is 19.6. The summed E-state index contributed by atoms with van der Waals surface area (Å²) in [5.41, 5.74) is 4.13. The Bertz CT molecular complexity index is 1770. The Morgan fingerprint density at radius 3 is 2.70 bits per heavy atom. The maximum Gasteiger partial charge on any atom is 0.335 e. The number of carboxylic acid groups (broad SMARTS) is 1. The summed E-state index contributed by atoms with van der Waals surface area (Å²) in [6.07, 6.45) is 6.81. The second-order valence-electron chi connectivity index (χ2n) is 11.6. The first-order chi connectivity index (χ1) is 21.0. The van der Waals surface area contributed by atoms with Crippen LogP contribution in [0, 0.1) is 0 Å². The van der Waals surface area contributed by atoms with Crippen LogP contribution in [-0.2, 0) is 17.9 Å². The molecule has 2 aromatic carbocycles. The Balaban J connectivity index is 1.02. The molecule has 7 rings (SSSR count). The monoisotopic (exact) mass is 577 g/mol. The third-order valence-electron chi connectivity index (χ3n) is 8.91. The van der Waals surface area contributed by atoms with Gasteiger partial charge in [-0.25, -0.2) is 14.8 Å². The van der Waals surface area contributed by atoms with E-state index in [1.54, 1.807) is 18.3 Å². The second kappa shape index (κ2) is 11.7. The van der Waals surface area contributed by atoms with E-state index in [4.69, 9.17) is 19.4 Å². The maximum atomic E-state index is 11.7. The van der Waals surface area contributed by atoms with Gasteiger partial charge in [0.1, 0.15) is 12.4 Å². The number of carboxylic acids is 1. The van der Waals surface area contributed by atoms with E-state index >= 15 is 0 Å². The summed E-state index contributed by atoms with van der Waals surface area (Å²) in [7, 11) is 0. The Morgan fingerprint density at radius 2 is 1.91 bits per heavy atom. The quantitative estimate of drug-likeness (QED) is 0.228. The number of pyridine rings is 2. The van der Waals surface area contributed by atoms with Crippen LogP contribution in [0.25, 0.3) is 21.8 Å². The smallest absolute Gasteiger partial charge is 0.335 e. The van der Waals surface area contributed by atoms with Gasteiger partial charge in [0.15, 0.2) is 0 Å².